The molecular weight excluding hydrogens is 274 g/mol. The molecule has 0 atom stereocenters. The van der Waals surface area contributed by atoms with E-state index in [2.05, 4.69) is 17.1 Å². The number of anilines is 1. The van der Waals surface area contributed by atoms with E-state index in [-0.39, 0.29) is 5.91 Å². The molecule has 20 heavy (non-hydrogen) atoms. The molecule has 1 aromatic rings. The van der Waals surface area contributed by atoms with E-state index in [1.54, 1.807) is 18.2 Å². The summed E-state index contributed by atoms with van der Waals surface area (Å²) in [7, 11) is 0. The van der Waals surface area contributed by atoms with E-state index in [9.17, 15) is 4.79 Å². The van der Waals surface area contributed by atoms with Gasteiger partial charge in [-0.25, -0.2) is 0 Å². The van der Waals surface area contributed by atoms with Crippen molar-refractivity contribution in [1.29, 1.82) is 0 Å². The van der Waals surface area contributed by atoms with Crippen molar-refractivity contribution >= 4 is 23.2 Å². The van der Waals surface area contributed by atoms with E-state index in [4.69, 9.17) is 17.3 Å². The topological polar surface area (TPSA) is 58.4 Å². The van der Waals surface area contributed by atoms with E-state index in [1.807, 2.05) is 0 Å². The highest BCUT2D eigenvalue weighted by Crippen LogP contribution is 2.18. The van der Waals surface area contributed by atoms with E-state index >= 15 is 0 Å². The van der Waals surface area contributed by atoms with Crippen LogP contribution in [-0.2, 0) is 0 Å². The minimum Gasteiger partial charge on any atom is -0.398 e. The Bertz CT molecular complexity index is 470. The van der Waals surface area contributed by atoms with Crippen LogP contribution in [0.4, 0.5) is 5.69 Å². The molecule has 110 valence electrons. The standard InChI is InChI=1S/C15H22ClN3O/c1-11-4-7-19(8-5-11)9-6-18-15(20)13-3-2-12(16)10-14(13)17/h2-3,10-11H,4-9,17H2,1H3,(H,18,20). The number of rotatable bonds is 4. The summed E-state index contributed by atoms with van der Waals surface area (Å²) < 4.78 is 0. The summed E-state index contributed by atoms with van der Waals surface area (Å²) in [6.45, 7) is 6.09. The van der Waals surface area contributed by atoms with E-state index < -0.39 is 0 Å². The number of nitrogens with zero attached hydrogens (tertiary/aromatic N) is 1. The van der Waals surface area contributed by atoms with Gasteiger partial charge in [0.05, 0.1) is 5.56 Å². The summed E-state index contributed by atoms with van der Waals surface area (Å²) >= 11 is 5.82. The fourth-order valence-corrected chi connectivity index (χ4v) is 2.63. The Hall–Kier alpha value is -1.26. The fraction of sp³-hybridized carbons (Fsp3) is 0.533. The summed E-state index contributed by atoms with van der Waals surface area (Å²) in [5.41, 5.74) is 6.70. The maximum atomic E-state index is 12.0. The summed E-state index contributed by atoms with van der Waals surface area (Å²) in [6.07, 6.45) is 2.50. The van der Waals surface area contributed by atoms with Gasteiger partial charge in [-0.05, 0) is 50.0 Å². The number of hydrogen-bond acceptors (Lipinski definition) is 3. The van der Waals surface area contributed by atoms with Gasteiger partial charge in [0.1, 0.15) is 0 Å². The van der Waals surface area contributed by atoms with Crippen LogP contribution in [-0.4, -0.2) is 37.0 Å². The number of nitrogens with one attached hydrogen (secondary N) is 1. The molecule has 0 aliphatic carbocycles. The minimum absolute atomic E-state index is 0.135. The molecule has 2 rings (SSSR count). The predicted octanol–water partition coefficient (Wildman–Crippen LogP) is 2.38. The zero-order chi connectivity index (χ0) is 14.5. The smallest absolute Gasteiger partial charge is 0.253 e. The van der Waals surface area contributed by atoms with Crippen LogP contribution in [0, 0.1) is 5.92 Å². The second kappa shape index (κ2) is 6.95. The van der Waals surface area contributed by atoms with Crippen molar-refractivity contribution in [3.8, 4) is 0 Å². The monoisotopic (exact) mass is 295 g/mol. The highest BCUT2D eigenvalue weighted by Gasteiger charge is 2.15. The van der Waals surface area contributed by atoms with Crippen LogP contribution in [0.25, 0.3) is 0 Å². The molecule has 1 saturated heterocycles. The summed E-state index contributed by atoms with van der Waals surface area (Å²) in [6, 6.07) is 4.94. The Labute approximate surface area is 125 Å². The zero-order valence-corrected chi connectivity index (χ0v) is 12.6. The third kappa shape index (κ3) is 4.12. The van der Waals surface area contributed by atoms with Gasteiger partial charge in [0, 0.05) is 23.8 Å². The van der Waals surface area contributed by atoms with Crippen molar-refractivity contribution < 1.29 is 4.79 Å². The van der Waals surface area contributed by atoms with E-state index in [0.29, 0.717) is 22.8 Å². The lowest BCUT2D eigenvalue weighted by Crippen LogP contribution is -2.39. The number of benzene rings is 1. The van der Waals surface area contributed by atoms with Crippen molar-refractivity contribution in [2.24, 2.45) is 5.92 Å². The van der Waals surface area contributed by atoms with Gasteiger partial charge in [-0.2, -0.15) is 0 Å². The number of piperidine rings is 1. The highest BCUT2D eigenvalue weighted by atomic mass is 35.5. The lowest BCUT2D eigenvalue weighted by atomic mass is 9.99. The Morgan fingerprint density at radius 1 is 1.45 bits per heavy atom. The lowest BCUT2D eigenvalue weighted by Gasteiger charge is -2.30. The van der Waals surface area contributed by atoms with Crippen LogP contribution >= 0.6 is 11.6 Å². The normalized spacial score (nSPS) is 17.1. The van der Waals surface area contributed by atoms with Crippen LogP contribution in [0.5, 0.6) is 0 Å². The first-order valence-corrected chi connectivity index (χ1v) is 7.49. The van der Waals surface area contributed by atoms with Crippen LogP contribution in [0.3, 0.4) is 0 Å². The average Bonchev–Trinajstić information content (AvgIpc) is 2.41. The Kier molecular flexibility index (Phi) is 5.26. The molecule has 1 fully saturated rings. The quantitative estimate of drug-likeness (QED) is 0.839. The molecule has 1 heterocycles. The number of nitrogen functional groups attached to an aromatic ring is 1. The molecule has 0 saturated carbocycles. The average molecular weight is 296 g/mol. The van der Waals surface area contributed by atoms with Crippen LogP contribution in [0.1, 0.15) is 30.1 Å². The first-order chi connectivity index (χ1) is 9.56. The third-order valence-electron chi connectivity index (χ3n) is 3.85. The van der Waals surface area contributed by atoms with Crippen molar-refractivity contribution in [2.75, 3.05) is 31.9 Å². The number of carbonyl (C=O) groups excluding carboxylic acids is 1. The van der Waals surface area contributed by atoms with Gasteiger partial charge < -0.3 is 16.0 Å². The first kappa shape index (κ1) is 15.1. The molecule has 0 bridgehead atoms. The molecule has 1 amide bonds. The second-order valence-electron chi connectivity index (χ2n) is 5.51. The largest absolute Gasteiger partial charge is 0.398 e. The van der Waals surface area contributed by atoms with Gasteiger partial charge >= 0.3 is 0 Å². The molecule has 3 N–H and O–H groups in total. The molecule has 0 aromatic heterocycles. The van der Waals surface area contributed by atoms with Crippen LogP contribution in [0.15, 0.2) is 18.2 Å². The number of likely N-dealkylation sites (tertiary alicyclic amines) is 1. The number of amides is 1. The molecule has 1 aromatic carbocycles. The molecule has 1 aliphatic heterocycles. The van der Waals surface area contributed by atoms with E-state index in [1.165, 1.54) is 12.8 Å². The predicted molar refractivity (Wildman–Crippen MR) is 83.0 cm³/mol. The van der Waals surface area contributed by atoms with Crippen molar-refractivity contribution in [2.45, 2.75) is 19.8 Å². The maximum absolute atomic E-state index is 12.0. The maximum Gasteiger partial charge on any atom is 0.253 e. The molecule has 1 aliphatic rings. The third-order valence-corrected chi connectivity index (χ3v) is 4.08. The molecule has 0 spiro atoms. The lowest BCUT2D eigenvalue weighted by molar-refractivity contribution is 0.0945. The molecule has 5 heteroatoms. The summed E-state index contributed by atoms with van der Waals surface area (Å²) in [5, 5.41) is 3.46. The Morgan fingerprint density at radius 3 is 2.80 bits per heavy atom. The second-order valence-corrected chi connectivity index (χ2v) is 5.95. The number of nitrogens with two attached hydrogens (primary N) is 1. The molecule has 4 nitrogen and oxygen atoms in total. The molecule has 0 radical (unpaired) electrons. The minimum atomic E-state index is -0.135. The van der Waals surface area contributed by atoms with Gasteiger partial charge in [-0.15, -0.1) is 0 Å². The van der Waals surface area contributed by atoms with Crippen molar-refractivity contribution in [3.63, 3.8) is 0 Å². The SMILES string of the molecule is CC1CCN(CCNC(=O)c2ccc(Cl)cc2N)CC1. The van der Waals surface area contributed by atoms with Crippen LogP contribution < -0.4 is 11.1 Å². The van der Waals surface area contributed by atoms with Gasteiger partial charge in [-0.3, -0.25) is 4.79 Å². The van der Waals surface area contributed by atoms with E-state index in [0.717, 1.165) is 25.6 Å². The Morgan fingerprint density at radius 2 is 2.15 bits per heavy atom. The number of carbonyl (C=O) groups is 1. The van der Waals surface area contributed by atoms with Gasteiger partial charge in [0.25, 0.3) is 5.91 Å². The summed E-state index contributed by atoms with van der Waals surface area (Å²) in [5.74, 6) is 0.694. The van der Waals surface area contributed by atoms with Gasteiger partial charge in [-0.1, -0.05) is 18.5 Å². The van der Waals surface area contributed by atoms with Crippen molar-refractivity contribution in [1.82, 2.24) is 10.2 Å². The molecule has 0 unspecified atom stereocenters. The number of halogens is 1. The van der Waals surface area contributed by atoms with Gasteiger partial charge in [0.15, 0.2) is 0 Å². The Balaban J connectivity index is 1.77. The first-order valence-electron chi connectivity index (χ1n) is 7.12. The molecular formula is C15H22ClN3O. The highest BCUT2D eigenvalue weighted by molar-refractivity contribution is 6.31. The fourth-order valence-electron chi connectivity index (χ4n) is 2.45. The van der Waals surface area contributed by atoms with Gasteiger partial charge in [0.2, 0.25) is 0 Å². The number of hydrogen-bond donors (Lipinski definition) is 2. The van der Waals surface area contributed by atoms with Crippen molar-refractivity contribution in [3.05, 3.63) is 28.8 Å². The summed E-state index contributed by atoms with van der Waals surface area (Å²) in [4.78, 5) is 14.4. The zero-order valence-electron chi connectivity index (χ0n) is 11.9. The van der Waals surface area contributed by atoms with Crippen LogP contribution in [0.2, 0.25) is 5.02 Å².